The number of hydrogen-bond donors (Lipinski definition) is 1. The third-order valence-corrected chi connectivity index (χ3v) is 5.98. The monoisotopic (exact) mass is 400 g/mol. The molecule has 2 aliphatic rings. The minimum Gasteiger partial charge on any atom is -0.359 e. The number of alkyl halides is 1. The minimum absolute atomic E-state index is 0.0705. The van der Waals surface area contributed by atoms with Crippen molar-refractivity contribution in [2.75, 3.05) is 30.3 Å². The summed E-state index contributed by atoms with van der Waals surface area (Å²) in [5, 5.41) is 0. The van der Waals surface area contributed by atoms with Crippen molar-refractivity contribution in [1.82, 2.24) is 14.7 Å². The van der Waals surface area contributed by atoms with E-state index >= 15 is 0 Å². The van der Waals surface area contributed by atoms with Gasteiger partial charge in [0.1, 0.15) is 17.7 Å². The highest BCUT2D eigenvalue weighted by molar-refractivity contribution is 7.90. The molecule has 142 valence electrons. The number of rotatable bonds is 7. The predicted octanol–water partition coefficient (Wildman–Crippen LogP) is 0.932. The van der Waals surface area contributed by atoms with E-state index in [1.165, 1.54) is 12.4 Å². The number of anilines is 1. The van der Waals surface area contributed by atoms with E-state index in [-0.39, 0.29) is 12.2 Å². The van der Waals surface area contributed by atoms with Gasteiger partial charge in [-0.25, -0.2) is 18.4 Å². The van der Waals surface area contributed by atoms with E-state index in [4.69, 9.17) is 16.3 Å². The summed E-state index contributed by atoms with van der Waals surface area (Å²) in [6.07, 6.45) is 4.34. The van der Waals surface area contributed by atoms with Crippen molar-refractivity contribution in [2.24, 2.45) is 0 Å². The SMILES string of the molecule is C=CCS(=O)(=O)NC(=O)CC1(c2cc(N3CCOC(Cl)C3)ncn2)CC1. The molecule has 2 fully saturated rings. The van der Waals surface area contributed by atoms with E-state index in [0.29, 0.717) is 19.7 Å². The van der Waals surface area contributed by atoms with Crippen molar-refractivity contribution in [1.29, 1.82) is 0 Å². The molecule has 1 aromatic rings. The number of amides is 1. The molecule has 1 saturated heterocycles. The largest absolute Gasteiger partial charge is 0.359 e. The van der Waals surface area contributed by atoms with Crippen LogP contribution in [0.25, 0.3) is 0 Å². The zero-order valence-corrected chi connectivity index (χ0v) is 15.8. The van der Waals surface area contributed by atoms with Gasteiger partial charge in [0.05, 0.1) is 24.6 Å². The molecular formula is C16H21ClN4O4S. The summed E-state index contributed by atoms with van der Waals surface area (Å²) in [6, 6.07) is 1.85. The van der Waals surface area contributed by atoms with Crippen molar-refractivity contribution in [2.45, 2.75) is 30.2 Å². The molecule has 0 spiro atoms. The molecule has 1 aliphatic heterocycles. The van der Waals surface area contributed by atoms with Gasteiger partial charge in [0.15, 0.2) is 0 Å². The fourth-order valence-corrected chi connectivity index (χ4v) is 4.08. The summed E-state index contributed by atoms with van der Waals surface area (Å²) < 4.78 is 30.8. The first kappa shape index (κ1) is 19.1. The fourth-order valence-electron chi connectivity index (χ4n) is 3.01. The van der Waals surface area contributed by atoms with Crippen molar-refractivity contribution >= 4 is 33.3 Å². The van der Waals surface area contributed by atoms with Crippen molar-refractivity contribution in [3.8, 4) is 0 Å². The van der Waals surface area contributed by atoms with Gasteiger partial charge >= 0.3 is 0 Å². The van der Waals surface area contributed by atoms with Gasteiger partial charge < -0.3 is 9.64 Å². The Morgan fingerprint density at radius 3 is 2.92 bits per heavy atom. The summed E-state index contributed by atoms with van der Waals surface area (Å²) in [5.74, 6) is -0.0911. The topological polar surface area (TPSA) is 101 Å². The Balaban J connectivity index is 1.71. The molecule has 1 amide bonds. The first-order valence-electron chi connectivity index (χ1n) is 8.31. The van der Waals surface area contributed by atoms with Crippen molar-refractivity contribution < 1.29 is 17.9 Å². The van der Waals surface area contributed by atoms with E-state index in [2.05, 4.69) is 21.3 Å². The van der Waals surface area contributed by atoms with Crippen LogP contribution in [0, 0.1) is 0 Å². The second kappa shape index (κ2) is 7.50. The van der Waals surface area contributed by atoms with Crippen LogP contribution in [0.15, 0.2) is 25.0 Å². The predicted molar refractivity (Wildman–Crippen MR) is 97.5 cm³/mol. The summed E-state index contributed by atoms with van der Waals surface area (Å²) >= 11 is 6.04. The molecule has 1 aromatic heterocycles. The highest BCUT2D eigenvalue weighted by Gasteiger charge is 2.48. The van der Waals surface area contributed by atoms with Crippen molar-refractivity contribution in [3.05, 3.63) is 30.7 Å². The number of nitrogens with zero attached hydrogens (tertiary/aromatic N) is 3. The number of hydrogen-bond acceptors (Lipinski definition) is 7. The lowest BCUT2D eigenvalue weighted by molar-refractivity contribution is -0.119. The molecule has 1 N–H and O–H groups in total. The Bertz CT molecular complexity index is 797. The lowest BCUT2D eigenvalue weighted by Gasteiger charge is -2.31. The van der Waals surface area contributed by atoms with Crippen LogP contribution >= 0.6 is 11.6 Å². The number of nitrogens with one attached hydrogen (secondary N) is 1. The summed E-state index contributed by atoms with van der Waals surface area (Å²) in [7, 11) is -3.68. The molecule has 0 radical (unpaired) electrons. The van der Waals surface area contributed by atoms with Gasteiger partial charge in [-0.3, -0.25) is 9.52 Å². The third-order valence-electron chi connectivity index (χ3n) is 4.50. The normalized spacial score (nSPS) is 21.9. The van der Waals surface area contributed by atoms with Gasteiger partial charge in [0, 0.05) is 24.4 Å². The second-order valence-electron chi connectivity index (χ2n) is 6.54. The number of aromatic nitrogens is 2. The average Bonchev–Trinajstić information content (AvgIpc) is 3.35. The minimum atomic E-state index is -3.68. The Hall–Kier alpha value is -1.71. The molecule has 0 aromatic carbocycles. The smallest absolute Gasteiger partial charge is 0.238 e. The number of sulfonamides is 1. The van der Waals surface area contributed by atoms with Crippen LogP contribution in [0.4, 0.5) is 5.82 Å². The lowest BCUT2D eigenvalue weighted by atomic mass is 9.97. The number of halogens is 1. The van der Waals surface area contributed by atoms with Crippen LogP contribution < -0.4 is 9.62 Å². The fraction of sp³-hybridized carbons (Fsp3) is 0.562. The lowest BCUT2D eigenvalue weighted by Crippen LogP contribution is -2.40. The van der Waals surface area contributed by atoms with Gasteiger partial charge in [-0.05, 0) is 12.8 Å². The van der Waals surface area contributed by atoms with Gasteiger partial charge in [0.2, 0.25) is 15.9 Å². The molecule has 1 saturated carbocycles. The van der Waals surface area contributed by atoms with E-state index in [9.17, 15) is 13.2 Å². The van der Waals surface area contributed by atoms with Crippen LogP contribution in [0.1, 0.15) is 25.0 Å². The molecule has 2 heterocycles. The standard InChI is InChI=1S/C16H21ClN4O4S/c1-2-7-26(23,24)20-15(22)9-16(3-4-16)12-8-14(19-11-18-12)21-5-6-25-13(17)10-21/h2,8,11,13H,1,3-7,9-10H2,(H,20,22). The molecule has 1 aliphatic carbocycles. The average molecular weight is 401 g/mol. The zero-order valence-electron chi connectivity index (χ0n) is 14.2. The van der Waals surface area contributed by atoms with Crippen LogP contribution in [-0.2, 0) is 25.0 Å². The Labute approximate surface area is 157 Å². The van der Waals surface area contributed by atoms with Gasteiger partial charge in [-0.15, -0.1) is 6.58 Å². The van der Waals surface area contributed by atoms with Crippen LogP contribution in [0.2, 0.25) is 0 Å². The number of carbonyl (C=O) groups is 1. The van der Waals surface area contributed by atoms with Crippen molar-refractivity contribution in [3.63, 3.8) is 0 Å². The van der Waals surface area contributed by atoms with Crippen LogP contribution in [0.5, 0.6) is 0 Å². The maximum absolute atomic E-state index is 12.2. The number of morpholine rings is 1. The molecule has 0 bridgehead atoms. The second-order valence-corrected chi connectivity index (χ2v) is 8.79. The number of carbonyl (C=O) groups excluding carboxylic acids is 1. The Morgan fingerprint density at radius 1 is 1.50 bits per heavy atom. The van der Waals surface area contributed by atoms with E-state index in [1.54, 1.807) is 0 Å². The first-order chi connectivity index (χ1) is 12.3. The number of ether oxygens (including phenoxy) is 1. The Morgan fingerprint density at radius 2 is 2.27 bits per heavy atom. The zero-order chi connectivity index (χ0) is 18.8. The molecule has 8 nitrogen and oxygen atoms in total. The third kappa shape index (κ3) is 4.52. The highest BCUT2D eigenvalue weighted by Crippen LogP contribution is 2.50. The summed E-state index contributed by atoms with van der Waals surface area (Å²) in [5.41, 5.74) is -0.0766. The van der Waals surface area contributed by atoms with Gasteiger partial charge in [0.25, 0.3) is 0 Å². The van der Waals surface area contributed by atoms with Gasteiger partial charge in [-0.1, -0.05) is 17.7 Å². The molecule has 1 atom stereocenters. The quantitative estimate of drug-likeness (QED) is 0.536. The van der Waals surface area contributed by atoms with Crippen LogP contribution in [-0.4, -0.2) is 55.3 Å². The first-order valence-corrected chi connectivity index (χ1v) is 10.4. The molecule has 26 heavy (non-hydrogen) atoms. The van der Waals surface area contributed by atoms with E-state index in [0.717, 1.165) is 24.4 Å². The van der Waals surface area contributed by atoms with Gasteiger partial charge in [-0.2, -0.15) is 0 Å². The van der Waals surface area contributed by atoms with Crippen LogP contribution in [0.3, 0.4) is 0 Å². The molecular weight excluding hydrogens is 380 g/mol. The van der Waals surface area contributed by atoms with E-state index < -0.39 is 26.9 Å². The molecule has 3 rings (SSSR count). The molecule has 10 heteroatoms. The highest BCUT2D eigenvalue weighted by atomic mass is 35.5. The maximum Gasteiger partial charge on any atom is 0.238 e. The summed E-state index contributed by atoms with van der Waals surface area (Å²) in [4.78, 5) is 22.8. The summed E-state index contributed by atoms with van der Waals surface area (Å²) in [6.45, 7) is 5.09. The van der Waals surface area contributed by atoms with E-state index in [1.807, 2.05) is 11.0 Å². The molecule has 1 unspecified atom stereocenters. The maximum atomic E-state index is 12.2. The Kier molecular flexibility index (Phi) is 5.50.